The summed E-state index contributed by atoms with van der Waals surface area (Å²) < 4.78 is 2.46. The van der Waals surface area contributed by atoms with E-state index in [1.54, 1.807) is 0 Å². The minimum atomic E-state index is 0.772. The molecule has 1 atom stereocenters. The molecule has 1 aliphatic carbocycles. The Kier molecular flexibility index (Phi) is 4.55. The molecule has 3 heteroatoms. The molecule has 0 fully saturated rings. The Bertz CT molecular complexity index is 371. The average Bonchev–Trinajstić information content (AvgIpc) is 2.62. The van der Waals surface area contributed by atoms with E-state index in [-0.39, 0.29) is 0 Å². The summed E-state index contributed by atoms with van der Waals surface area (Å²) in [5.41, 5.74) is 2.89. The predicted molar refractivity (Wildman–Crippen MR) is 75.9 cm³/mol. The third kappa shape index (κ3) is 3.06. The molecule has 1 unspecified atom stereocenters. The van der Waals surface area contributed by atoms with E-state index in [2.05, 4.69) is 31.0 Å². The number of thiol groups is 1. The molecule has 2 rings (SSSR count). The summed E-state index contributed by atoms with van der Waals surface area (Å²) in [6.07, 6.45) is 7.56. The maximum atomic E-state index is 4.72. The first-order chi connectivity index (χ1) is 8.22. The van der Waals surface area contributed by atoms with Crippen LogP contribution >= 0.6 is 12.6 Å². The van der Waals surface area contributed by atoms with Gasteiger partial charge in [-0.05, 0) is 57.1 Å². The molecule has 0 amide bonds. The maximum Gasteiger partial charge on any atom is 0.106 e. The lowest BCUT2D eigenvalue weighted by atomic mass is 10.0. The van der Waals surface area contributed by atoms with Gasteiger partial charge in [-0.25, -0.2) is 4.98 Å². The Morgan fingerprint density at radius 1 is 1.29 bits per heavy atom. The number of nitrogens with zero attached hydrogens (tertiary/aromatic N) is 2. The van der Waals surface area contributed by atoms with Gasteiger partial charge in [-0.3, -0.25) is 0 Å². The number of aryl methyl sites for hydroxylation is 2. The fourth-order valence-corrected chi connectivity index (χ4v) is 3.19. The van der Waals surface area contributed by atoms with E-state index < -0.39 is 0 Å². The van der Waals surface area contributed by atoms with E-state index in [4.69, 9.17) is 4.98 Å². The molecule has 0 saturated carbocycles. The molecule has 0 spiro atoms. The molecule has 2 nitrogen and oxygen atoms in total. The van der Waals surface area contributed by atoms with Crippen LogP contribution in [0.3, 0.4) is 0 Å². The first kappa shape index (κ1) is 13.0. The molecule has 0 aromatic carbocycles. The van der Waals surface area contributed by atoms with Crippen LogP contribution in [0, 0.1) is 12.8 Å². The standard InChI is InChI=1S/C14H24N2S/c1-11(8-10-17)7-9-16-12(2)15-13-5-3-4-6-14(13)16/h11,17H,3-10H2,1-2H3. The van der Waals surface area contributed by atoms with Crippen molar-refractivity contribution in [2.75, 3.05) is 5.75 Å². The minimum Gasteiger partial charge on any atom is -0.332 e. The highest BCUT2D eigenvalue weighted by atomic mass is 32.1. The highest BCUT2D eigenvalue weighted by Crippen LogP contribution is 2.23. The lowest BCUT2D eigenvalue weighted by Gasteiger charge is -2.16. The zero-order valence-corrected chi connectivity index (χ0v) is 12.0. The first-order valence-electron chi connectivity index (χ1n) is 6.88. The Balaban J connectivity index is 2.02. The third-order valence-corrected chi connectivity index (χ3v) is 4.15. The summed E-state index contributed by atoms with van der Waals surface area (Å²) in [4.78, 5) is 4.72. The predicted octanol–water partition coefficient (Wildman–Crippen LogP) is 3.42. The van der Waals surface area contributed by atoms with Crippen molar-refractivity contribution in [3.05, 3.63) is 17.2 Å². The van der Waals surface area contributed by atoms with Gasteiger partial charge in [0, 0.05) is 12.2 Å². The van der Waals surface area contributed by atoms with E-state index >= 15 is 0 Å². The Morgan fingerprint density at radius 3 is 2.82 bits per heavy atom. The van der Waals surface area contributed by atoms with E-state index in [1.807, 2.05) is 0 Å². The molecule has 1 aliphatic rings. The average molecular weight is 252 g/mol. The quantitative estimate of drug-likeness (QED) is 0.795. The normalized spacial score (nSPS) is 16.9. The molecule has 96 valence electrons. The number of aromatic nitrogens is 2. The summed E-state index contributed by atoms with van der Waals surface area (Å²) in [6.45, 7) is 5.62. The van der Waals surface area contributed by atoms with Crippen LogP contribution in [0.1, 0.15) is 49.8 Å². The molecular formula is C14H24N2S. The van der Waals surface area contributed by atoms with Gasteiger partial charge in [-0.2, -0.15) is 12.6 Å². The molecule has 0 radical (unpaired) electrons. The van der Waals surface area contributed by atoms with Gasteiger partial charge >= 0.3 is 0 Å². The maximum absolute atomic E-state index is 4.72. The highest BCUT2D eigenvalue weighted by Gasteiger charge is 2.17. The van der Waals surface area contributed by atoms with Gasteiger partial charge in [0.1, 0.15) is 5.82 Å². The van der Waals surface area contributed by atoms with Crippen molar-refractivity contribution >= 4 is 12.6 Å². The van der Waals surface area contributed by atoms with E-state index in [9.17, 15) is 0 Å². The van der Waals surface area contributed by atoms with Crippen LogP contribution in [0.25, 0.3) is 0 Å². The summed E-state index contributed by atoms with van der Waals surface area (Å²) in [5.74, 6) is 2.99. The summed E-state index contributed by atoms with van der Waals surface area (Å²) >= 11 is 4.31. The molecule has 0 N–H and O–H groups in total. The smallest absolute Gasteiger partial charge is 0.106 e. The number of fused-ring (bicyclic) bond motifs is 1. The van der Waals surface area contributed by atoms with Crippen LogP contribution in [0.4, 0.5) is 0 Å². The minimum absolute atomic E-state index is 0.772. The van der Waals surface area contributed by atoms with Gasteiger partial charge < -0.3 is 4.57 Å². The molecule has 1 aromatic heterocycles. The number of hydrogen-bond acceptors (Lipinski definition) is 2. The van der Waals surface area contributed by atoms with Crippen LogP contribution in [0.5, 0.6) is 0 Å². The van der Waals surface area contributed by atoms with Gasteiger partial charge in [-0.1, -0.05) is 6.92 Å². The lowest BCUT2D eigenvalue weighted by molar-refractivity contribution is 0.457. The number of hydrogen-bond donors (Lipinski definition) is 1. The van der Waals surface area contributed by atoms with Gasteiger partial charge in [0.05, 0.1) is 5.69 Å². The number of rotatable bonds is 5. The summed E-state index contributed by atoms with van der Waals surface area (Å²) in [7, 11) is 0. The van der Waals surface area contributed by atoms with Crippen LogP contribution in [-0.4, -0.2) is 15.3 Å². The molecule has 0 saturated heterocycles. The third-order valence-electron chi connectivity index (χ3n) is 3.89. The monoisotopic (exact) mass is 252 g/mol. The molecule has 1 heterocycles. The van der Waals surface area contributed by atoms with E-state index in [0.717, 1.165) is 18.2 Å². The molecule has 0 bridgehead atoms. The van der Waals surface area contributed by atoms with E-state index in [1.165, 1.54) is 55.7 Å². The summed E-state index contributed by atoms with van der Waals surface area (Å²) in [6, 6.07) is 0. The Morgan fingerprint density at radius 2 is 2.06 bits per heavy atom. The van der Waals surface area contributed by atoms with Crippen molar-refractivity contribution in [3.63, 3.8) is 0 Å². The lowest BCUT2D eigenvalue weighted by Crippen LogP contribution is -2.11. The van der Waals surface area contributed by atoms with Crippen molar-refractivity contribution in [3.8, 4) is 0 Å². The van der Waals surface area contributed by atoms with E-state index in [0.29, 0.717) is 0 Å². The van der Waals surface area contributed by atoms with Crippen molar-refractivity contribution < 1.29 is 0 Å². The SMILES string of the molecule is Cc1nc2c(n1CCC(C)CCS)CCCC2. The van der Waals surface area contributed by atoms with Crippen LogP contribution < -0.4 is 0 Å². The topological polar surface area (TPSA) is 17.8 Å². The first-order valence-corrected chi connectivity index (χ1v) is 7.51. The Hall–Kier alpha value is -0.440. The fourth-order valence-electron chi connectivity index (χ4n) is 2.75. The summed E-state index contributed by atoms with van der Waals surface area (Å²) in [5, 5.41) is 0. The molecule has 0 aliphatic heterocycles. The van der Waals surface area contributed by atoms with Crippen LogP contribution in [0.2, 0.25) is 0 Å². The van der Waals surface area contributed by atoms with Crippen molar-refractivity contribution in [2.45, 2.75) is 58.9 Å². The van der Waals surface area contributed by atoms with Crippen molar-refractivity contribution in [1.82, 2.24) is 9.55 Å². The molecule has 1 aromatic rings. The Labute approximate surface area is 110 Å². The van der Waals surface area contributed by atoms with Crippen molar-refractivity contribution in [2.24, 2.45) is 5.92 Å². The van der Waals surface area contributed by atoms with Gasteiger partial charge in [0.25, 0.3) is 0 Å². The number of imidazole rings is 1. The largest absolute Gasteiger partial charge is 0.332 e. The zero-order chi connectivity index (χ0) is 12.3. The fraction of sp³-hybridized carbons (Fsp3) is 0.786. The van der Waals surface area contributed by atoms with Crippen molar-refractivity contribution in [1.29, 1.82) is 0 Å². The molecule has 17 heavy (non-hydrogen) atoms. The zero-order valence-electron chi connectivity index (χ0n) is 11.1. The van der Waals surface area contributed by atoms with Gasteiger partial charge in [0.15, 0.2) is 0 Å². The second kappa shape index (κ2) is 5.94. The molecular weight excluding hydrogens is 228 g/mol. The highest BCUT2D eigenvalue weighted by molar-refractivity contribution is 7.80. The second-order valence-electron chi connectivity index (χ2n) is 5.32. The van der Waals surface area contributed by atoms with Crippen LogP contribution in [-0.2, 0) is 19.4 Å². The van der Waals surface area contributed by atoms with Gasteiger partial charge in [0.2, 0.25) is 0 Å². The van der Waals surface area contributed by atoms with Crippen LogP contribution in [0.15, 0.2) is 0 Å². The van der Waals surface area contributed by atoms with Gasteiger partial charge in [-0.15, -0.1) is 0 Å². The second-order valence-corrected chi connectivity index (χ2v) is 5.76.